The SMILES string of the molecule is CCN(Cc1ccc(C(=O)NCc2ccc(OCc3ccncc3)c(OC)c2)cc1)C(C)C. The number of carbonyl (C=O) groups is 1. The van der Waals surface area contributed by atoms with Crippen LogP contribution in [0.15, 0.2) is 67.0 Å². The lowest BCUT2D eigenvalue weighted by Crippen LogP contribution is -2.30. The monoisotopic (exact) mass is 447 g/mol. The van der Waals surface area contributed by atoms with Crippen LogP contribution < -0.4 is 14.8 Å². The minimum Gasteiger partial charge on any atom is -0.493 e. The Morgan fingerprint density at radius 1 is 0.970 bits per heavy atom. The third-order valence-electron chi connectivity index (χ3n) is 5.56. The molecule has 0 saturated heterocycles. The molecule has 3 aromatic rings. The van der Waals surface area contributed by atoms with Crippen LogP contribution in [0.5, 0.6) is 11.5 Å². The number of hydrogen-bond donors (Lipinski definition) is 1. The van der Waals surface area contributed by atoms with E-state index in [4.69, 9.17) is 9.47 Å². The van der Waals surface area contributed by atoms with Gasteiger partial charge in [0.25, 0.3) is 5.91 Å². The van der Waals surface area contributed by atoms with Crippen LogP contribution in [0, 0.1) is 0 Å². The summed E-state index contributed by atoms with van der Waals surface area (Å²) in [5.41, 5.74) is 3.81. The molecule has 0 atom stereocenters. The summed E-state index contributed by atoms with van der Waals surface area (Å²) in [5.74, 6) is 1.18. The fourth-order valence-corrected chi connectivity index (χ4v) is 3.52. The summed E-state index contributed by atoms with van der Waals surface area (Å²) in [4.78, 5) is 19.0. The third-order valence-corrected chi connectivity index (χ3v) is 5.56. The second kappa shape index (κ2) is 12.0. The number of aromatic nitrogens is 1. The number of nitrogens with one attached hydrogen (secondary N) is 1. The van der Waals surface area contributed by atoms with Crippen LogP contribution >= 0.6 is 0 Å². The maximum Gasteiger partial charge on any atom is 0.251 e. The zero-order valence-corrected chi connectivity index (χ0v) is 19.9. The number of methoxy groups -OCH3 is 1. The van der Waals surface area contributed by atoms with E-state index in [1.54, 1.807) is 19.5 Å². The molecular weight excluding hydrogens is 414 g/mol. The first-order valence-electron chi connectivity index (χ1n) is 11.3. The van der Waals surface area contributed by atoms with Gasteiger partial charge in [-0.2, -0.15) is 0 Å². The van der Waals surface area contributed by atoms with E-state index in [1.165, 1.54) is 5.56 Å². The Hall–Kier alpha value is -3.38. The van der Waals surface area contributed by atoms with E-state index in [2.05, 4.69) is 36.0 Å². The third kappa shape index (κ3) is 7.05. The predicted octanol–water partition coefficient (Wildman–Crippen LogP) is 4.83. The highest BCUT2D eigenvalue weighted by molar-refractivity contribution is 5.94. The minimum atomic E-state index is -0.102. The number of carbonyl (C=O) groups excluding carboxylic acids is 1. The van der Waals surface area contributed by atoms with Crippen molar-refractivity contribution in [2.75, 3.05) is 13.7 Å². The molecule has 1 heterocycles. The van der Waals surface area contributed by atoms with Gasteiger partial charge in [-0.15, -0.1) is 0 Å². The molecule has 1 N–H and O–H groups in total. The van der Waals surface area contributed by atoms with Gasteiger partial charge >= 0.3 is 0 Å². The van der Waals surface area contributed by atoms with Crippen molar-refractivity contribution in [2.24, 2.45) is 0 Å². The lowest BCUT2D eigenvalue weighted by atomic mass is 10.1. The molecule has 6 heteroatoms. The highest BCUT2D eigenvalue weighted by Crippen LogP contribution is 2.29. The summed E-state index contributed by atoms with van der Waals surface area (Å²) in [6.07, 6.45) is 3.47. The summed E-state index contributed by atoms with van der Waals surface area (Å²) in [5, 5.41) is 2.98. The number of rotatable bonds is 11. The highest BCUT2D eigenvalue weighted by Gasteiger charge is 2.11. The molecule has 0 fully saturated rings. The largest absolute Gasteiger partial charge is 0.493 e. The Bertz CT molecular complexity index is 1020. The molecule has 0 aliphatic rings. The van der Waals surface area contributed by atoms with Crippen molar-refractivity contribution >= 4 is 5.91 Å². The van der Waals surface area contributed by atoms with Crippen molar-refractivity contribution in [1.29, 1.82) is 0 Å². The Balaban J connectivity index is 1.56. The first kappa shape index (κ1) is 24.3. The highest BCUT2D eigenvalue weighted by atomic mass is 16.5. The van der Waals surface area contributed by atoms with Crippen LogP contribution in [0.3, 0.4) is 0 Å². The summed E-state index contributed by atoms with van der Waals surface area (Å²) >= 11 is 0. The van der Waals surface area contributed by atoms with Gasteiger partial charge in [-0.1, -0.05) is 25.1 Å². The van der Waals surface area contributed by atoms with Gasteiger partial charge in [0.2, 0.25) is 0 Å². The normalized spacial score (nSPS) is 11.0. The van der Waals surface area contributed by atoms with Gasteiger partial charge in [0.05, 0.1) is 7.11 Å². The van der Waals surface area contributed by atoms with Gasteiger partial charge in [-0.05, 0) is 73.5 Å². The molecule has 0 unspecified atom stereocenters. The fourth-order valence-electron chi connectivity index (χ4n) is 3.52. The lowest BCUT2D eigenvalue weighted by Gasteiger charge is -2.24. The molecule has 2 aromatic carbocycles. The van der Waals surface area contributed by atoms with Crippen LogP contribution in [-0.2, 0) is 19.7 Å². The van der Waals surface area contributed by atoms with E-state index in [0.29, 0.717) is 36.3 Å². The molecule has 33 heavy (non-hydrogen) atoms. The Morgan fingerprint density at radius 3 is 2.30 bits per heavy atom. The van der Waals surface area contributed by atoms with Crippen molar-refractivity contribution in [3.05, 3.63) is 89.2 Å². The van der Waals surface area contributed by atoms with Gasteiger partial charge in [0.1, 0.15) is 6.61 Å². The van der Waals surface area contributed by atoms with Crippen LogP contribution in [0.25, 0.3) is 0 Å². The van der Waals surface area contributed by atoms with Gasteiger partial charge in [0.15, 0.2) is 11.5 Å². The number of amides is 1. The molecule has 0 radical (unpaired) electrons. The number of pyridine rings is 1. The predicted molar refractivity (Wildman–Crippen MR) is 130 cm³/mol. The Morgan fingerprint density at radius 2 is 1.67 bits per heavy atom. The Kier molecular flexibility index (Phi) is 8.84. The molecule has 0 aliphatic carbocycles. The molecule has 3 rings (SSSR count). The average Bonchev–Trinajstić information content (AvgIpc) is 2.85. The molecule has 0 aliphatic heterocycles. The van der Waals surface area contributed by atoms with Crippen molar-refractivity contribution in [2.45, 2.75) is 46.5 Å². The van der Waals surface area contributed by atoms with Crippen LogP contribution in [0.2, 0.25) is 0 Å². The molecule has 174 valence electrons. The number of nitrogens with zero attached hydrogens (tertiary/aromatic N) is 2. The minimum absolute atomic E-state index is 0.102. The first-order chi connectivity index (χ1) is 16.0. The molecule has 1 aromatic heterocycles. The Labute approximate surface area is 196 Å². The quantitative estimate of drug-likeness (QED) is 0.456. The average molecular weight is 448 g/mol. The standard InChI is InChI=1S/C27H33N3O3/c1-5-30(20(2)3)18-21-6-9-24(10-7-21)27(31)29-17-23-8-11-25(26(16-23)32-4)33-19-22-12-14-28-15-13-22/h6-16,20H,5,17-19H2,1-4H3,(H,29,31). The molecular formula is C27H33N3O3. The molecule has 0 bridgehead atoms. The van der Waals surface area contributed by atoms with Crippen molar-refractivity contribution in [1.82, 2.24) is 15.2 Å². The first-order valence-corrected chi connectivity index (χ1v) is 11.3. The van der Waals surface area contributed by atoms with E-state index in [9.17, 15) is 4.79 Å². The lowest BCUT2D eigenvalue weighted by molar-refractivity contribution is 0.0951. The number of benzene rings is 2. The second-order valence-corrected chi connectivity index (χ2v) is 8.17. The summed E-state index contributed by atoms with van der Waals surface area (Å²) in [7, 11) is 1.61. The summed E-state index contributed by atoms with van der Waals surface area (Å²) in [6.45, 7) is 9.26. The van der Waals surface area contributed by atoms with E-state index in [0.717, 1.165) is 24.2 Å². The van der Waals surface area contributed by atoms with E-state index in [1.807, 2.05) is 54.6 Å². The van der Waals surface area contributed by atoms with Crippen LogP contribution in [0.1, 0.15) is 47.8 Å². The maximum absolute atomic E-state index is 12.6. The van der Waals surface area contributed by atoms with E-state index in [-0.39, 0.29) is 5.91 Å². The van der Waals surface area contributed by atoms with E-state index < -0.39 is 0 Å². The molecule has 0 spiro atoms. The smallest absolute Gasteiger partial charge is 0.251 e. The number of hydrogen-bond acceptors (Lipinski definition) is 5. The zero-order chi connectivity index (χ0) is 23.6. The maximum atomic E-state index is 12.6. The van der Waals surface area contributed by atoms with Crippen molar-refractivity contribution in [3.8, 4) is 11.5 Å². The van der Waals surface area contributed by atoms with Gasteiger partial charge < -0.3 is 14.8 Å². The van der Waals surface area contributed by atoms with Crippen LogP contribution in [-0.4, -0.2) is 35.5 Å². The van der Waals surface area contributed by atoms with Crippen molar-refractivity contribution in [3.63, 3.8) is 0 Å². The zero-order valence-electron chi connectivity index (χ0n) is 19.9. The summed E-state index contributed by atoms with van der Waals surface area (Å²) < 4.78 is 11.4. The van der Waals surface area contributed by atoms with Gasteiger partial charge in [-0.3, -0.25) is 14.7 Å². The van der Waals surface area contributed by atoms with Crippen molar-refractivity contribution < 1.29 is 14.3 Å². The van der Waals surface area contributed by atoms with Gasteiger partial charge in [0, 0.05) is 37.1 Å². The topological polar surface area (TPSA) is 63.7 Å². The molecule has 6 nitrogen and oxygen atoms in total. The molecule has 0 saturated carbocycles. The summed E-state index contributed by atoms with van der Waals surface area (Å²) in [6, 6.07) is 17.8. The second-order valence-electron chi connectivity index (χ2n) is 8.17. The fraction of sp³-hybridized carbons (Fsp3) is 0.333. The number of ether oxygens (including phenoxy) is 2. The molecule has 1 amide bonds. The van der Waals surface area contributed by atoms with Gasteiger partial charge in [-0.25, -0.2) is 0 Å². The van der Waals surface area contributed by atoms with Crippen LogP contribution in [0.4, 0.5) is 0 Å². The van der Waals surface area contributed by atoms with E-state index >= 15 is 0 Å².